The van der Waals surface area contributed by atoms with E-state index in [0.717, 1.165) is 24.8 Å². The number of halogens is 2. The van der Waals surface area contributed by atoms with Crippen LogP contribution in [0.4, 0.5) is 0 Å². The molecule has 20 heavy (non-hydrogen) atoms. The monoisotopic (exact) mass is 382 g/mol. The van der Waals surface area contributed by atoms with Crippen molar-refractivity contribution in [1.82, 2.24) is 4.72 Å². The first-order valence-corrected chi connectivity index (χ1v) is 8.71. The third-order valence-electron chi connectivity index (χ3n) is 3.71. The number of nitrogens with two attached hydrogens (primary N) is 1. The number of sulfonamides is 1. The minimum absolute atomic E-state index is 0. The van der Waals surface area contributed by atoms with Gasteiger partial charge in [-0.1, -0.05) is 18.6 Å². The Bertz CT molecular complexity index is 565. The van der Waals surface area contributed by atoms with Gasteiger partial charge in [-0.3, -0.25) is 0 Å². The quantitative estimate of drug-likeness (QED) is 0.839. The maximum Gasteiger partial charge on any atom is 0.241 e. The highest BCUT2D eigenvalue weighted by Crippen LogP contribution is 2.29. The fourth-order valence-electron chi connectivity index (χ4n) is 2.56. The Labute approximate surface area is 135 Å². The molecule has 1 saturated carbocycles. The van der Waals surface area contributed by atoms with E-state index in [1.807, 2.05) is 13.0 Å². The molecular formula is C13H20BrClN2O2S. The first-order valence-electron chi connectivity index (χ1n) is 6.43. The predicted octanol–water partition coefficient (Wildman–Crippen LogP) is 2.59. The zero-order valence-electron chi connectivity index (χ0n) is 11.3. The predicted molar refractivity (Wildman–Crippen MR) is 86.6 cm³/mol. The minimum atomic E-state index is -3.49. The maximum atomic E-state index is 12.4. The molecule has 114 valence electrons. The Morgan fingerprint density at radius 2 is 2.10 bits per heavy atom. The molecule has 1 aromatic rings. The Hall–Kier alpha value is -0.140. The van der Waals surface area contributed by atoms with Crippen LogP contribution in [-0.4, -0.2) is 21.0 Å². The van der Waals surface area contributed by atoms with Crippen LogP contribution in [0.1, 0.15) is 24.8 Å². The number of nitrogens with one attached hydrogen (secondary N) is 1. The molecule has 1 aliphatic carbocycles. The van der Waals surface area contributed by atoms with Crippen LogP contribution < -0.4 is 10.5 Å². The van der Waals surface area contributed by atoms with Crippen molar-refractivity contribution >= 4 is 38.4 Å². The maximum absolute atomic E-state index is 12.4. The lowest BCUT2D eigenvalue weighted by molar-refractivity contribution is 0.452. The van der Waals surface area contributed by atoms with Gasteiger partial charge in [-0.25, -0.2) is 13.1 Å². The molecule has 2 rings (SSSR count). The van der Waals surface area contributed by atoms with Crippen LogP contribution in [0.15, 0.2) is 27.6 Å². The van der Waals surface area contributed by atoms with E-state index in [1.54, 1.807) is 12.1 Å². The van der Waals surface area contributed by atoms with Crippen molar-refractivity contribution in [2.24, 2.45) is 11.7 Å². The van der Waals surface area contributed by atoms with Gasteiger partial charge >= 0.3 is 0 Å². The molecule has 0 aromatic heterocycles. The molecule has 1 fully saturated rings. The number of hydrogen-bond donors (Lipinski definition) is 2. The average molecular weight is 384 g/mol. The molecule has 7 heteroatoms. The topological polar surface area (TPSA) is 72.2 Å². The van der Waals surface area contributed by atoms with Gasteiger partial charge in [-0.2, -0.15) is 0 Å². The zero-order valence-corrected chi connectivity index (χ0v) is 14.5. The molecule has 3 N–H and O–H groups in total. The molecule has 0 bridgehead atoms. The summed E-state index contributed by atoms with van der Waals surface area (Å²) in [5, 5.41) is 0. The molecule has 2 atom stereocenters. The van der Waals surface area contributed by atoms with Gasteiger partial charge in [0.15, 0.2) is 0 Å². The molecule has 0 amide bonds. The molecule has 0 spiro atoms. The van der Waals surface area contributed by atoms with Crippen molar-refractivity contribution in [3.63, 3.8) is 0 Å². The second kappa shape index (κ2) is 7.22. The molecule has 2 unspecified atom stereocenters. The summed E-state index contributed by atoms with van der Waals surface area (Å²) in [4.78, 5) is 0.301. The van der Waals surface area contributed by atoms with Gasteiger partial charge in [0.05, 0.1) is 4.90 Å². The molecule has 0 saturated heterocycles. The molecule has 0 aliphatic heterocycles. The zero-order chi connectivity index (χ0) is 14.0. The normalized spacial score (nSPS) is 22.6. The van der Waals surface area contributed by atoms with Gasteiger partial charge in [-0.05, 0) is 59.8 Å². The highest BCUT2D eigenvalue weighted by atomic mass is 79.9. The largest absolute Gasteiger partial charge is 0.330 e. The highest BCUT2D eigenvalue weighted by Gasteiger charge is 2.31. The lowest BCUT2D eigenvalue weighted by Crippen LogP contribution is -2.39. The summed E-state index contributed by atoms with van der Waals surface area (Å²) < 4.78 is 28.3. The van der Waals surface area contributed by atoms with Crippen LogP contribution >= 0.6 is 28.3 Å². The van der Waals surface area contributed by atoms with Crippen molar-refractivity contribution in [2.45, 2.75) is 37.1 Å². The van der Waals surface area contributed by atoms with Gasteiger partial charge in [-0.15, -0.1) is 12.4 Å². The summed E-state index contributed by atoms with van der Waals surface area (Å²) in [7, 11) is -3.49. The van der Waals surface area contributed by atoms with Crippen molar-refractivity contribution in [3.8, 4) is 0 Å². The average Bonchev–Trinajstić information content (AvgIpc) is 2.78. The standard InChI is InChI=1S/C13H19BrN2O2S.ClH/c1-9-4-2-7-12(13(9)14)19(17,18)16-11-6-3-5-10(11)8-15;/h2,4,7,10-11,16H,3,5-6,8,15H2,1H3;1H. The van der Waals surface area contributed by atoms with Gasteiger partial charge in [0.25, 0.3) is 0 Å². The van der Waals surface area contributed by atoms with Crippen LogP contribution in [-0.2, 0) is 10.0 Å². The van der Waals surface area contributed by atoms with E-state index in [-0.39, 0.29) is 24.4 Å². The summed E-state index contributed by atoms with van der Waals surface area (Å²) in [6, 6.07) is 5.21. The fourth-order valence-corrected chi connectivity index (χ4v) is 4.96. The molecule has 4 nitrogen and oxygen atoms in total. The lowest BCUT2D eigenvalue weighted by atomic mass is 10.1. The van der Waals surface area contributed by atoms with Crippen LogP contribution in [0.2, 0.25) is 0 Å². The number of aryl methyl sites for hydroxylation is 1. The first-order chi connectivity index (χ1) is 8.95. The summed E-state index contributed by atoms with van der Waals surface area (Å²) >= 11 is 3.35. The second-order valence-electron chi connectivity index (χ2n) is 5.04. The van der Waals surface area contributed by atoms with Crippen molar-refractivity contribution in [2.75, 3.05) is 6.54 Å². The van der Waals surface area contributed by atoms with E-state index in [4.69, 9.17) is 5.73 Å². The van der Waals surface area contributed by atoms with Gasteiger partial charge in [0, 0.05) is 10.5 Å². The Morgan fingerprint density at radius 1 is 1.40 bits per heavy atom. The summed E-state index contributed by atoms with van der Waals surface area (Å²) in [6.07, 6.45) is 2.90. The number of hydrogen-bond acceptors (Lipinski definition) is 3. The van der Waals surface area contributed by atoms with Gasteiger partial charge in [0.2, 0.25) is 10.0 Å². The van der Waals surface area contributed by atoms with E-state index in [0.29, 0.717) is 15.9 Å². The van der Waals surface area contributed by atoms with E-state index in [9.17, 15) is 8.42 Å². The molecule has 1 aliphatic rings. The summed E-state index contributed by atoms with van der Waals surface area (Å²) in [5.74, 6) is 0.248. The van der Waals surface area contributed by atoms with Crippen LogP contribution in [0.25, 0.3) is 0 Å². The van der Waals surface area contributed by atoms with Crippen molar-refractivity contribution in [3.05, 3.63) is 28.2 Å². The smallest absolute Gasteiger partial charge is 0.241 e. The van der Waals surface area contributed by atoms with Gasteiger partial charge < -0.3 is 5.73 Å². The Morgan fingerprint density at radius 3 is 2.75 bits per heavy atom. The Balaban J connectivity index is 0.00000200. The van der Waals surface area contributed by atoms with E-state index < -0.39 is 10.0 Å². The summed E-state index contributed by atoms with van der Waals surface area (Å²) in [6.45, 7) is 2.41. The highest BCUT2D eigenvalue weighted by molar-refractivity contribution is 9.10. The number of benzene rings is 1. The Kier molecular flexibility index (Phi) is 6.47. The third kappa shape index (κ3) is 3.74. The van der Waals surface area contributed by atoms with E-state index in [2.05, 4.69) is 20.7 Å². The minimum Gasteiger partial charge on any atom is -0.330 e. The number of rotatable bonds is 4. The molecule has 0 radical (unpaired) electrons. The van der Waals surface area contributed by atoms with Crippen molar-refractivity contribution < 1.29 is 8.42 Å². The lowest BCUT2D eigenvalue weighted by Gasteiger charge is -2.20. The van der Waals surface area contributed by atoms with Crippen molar-refractivity contribution in [1.29, 1.82) is 0 Å². The van der Waals surface area contributed by atoms with Gasteiger partial charge in [0.1, 0.15) is 0 Å². The molecule has 1 aromatic carbocycles. The SMILES string of the molecule is Cc1cccc(S(=O)(=O)NC2CCCC2CN)c1Br.Cl. The summed E-state index contributed by atoms with van der Waals surface area (Å²) in [5.41, 5.74) is 6.60. The first kappa shape index (κ1) is 17.9. The molecular weight excluding hydrogens is 364 g/mol. The fraction of sp³-hybridized carbons (Fsp3) is 0.538. The van der Waals surface area contributed by atoms with Crippen LogP contribution in [0, 0.1) is 12.8 Å². The third-order valence-corrected chi connectivity index (χ3v) is 6.56. The second-order valence-corrected chi connectivity index (χ2v) is 7.52. The molecule has 0 heterocycles. The van der Waals surface area contributed by atoms with E-state index in [1.165, 1.54) is 0 Å². The van der Waals surface area contributed by atoms with E-state index >= 15 is 0 Å². The van der Waals surface area contributed by atoms with Crippen LogP contribution in [0.3, 0.4) is 0 Å². The van der Waals surface area contributed by atoms with Crippen LogP contribution in [0.5, 0.6) is 0 Å².